The first-order valence-corrected chi connectivity index (χ1v) is 5.10. The number of nitrogens with two attached hydrogens (primary N) is 1. The summed E-state index contributed by atoms with van der Waals surface area (Å²) in [5.41, 5.74) is 6.06. The summed E-state index contributed by atoms with van der Waals surface area (Å²) in [6.45, 7) is 2.04. The van der Waals surface area contributed by atoms with Gasteiger partial charge in [0, 0.05) is 12.5 Å². The summed E-state index contributed by atoms with van der Waals surface area (Å²) in [5, 5.41) is 3.17. The van der Waals surface area contributed by atoms with E-state index >= 15 is 0 Å². The van der Waals surface area contributed by atoms with Crippen LogP contribution in [0.4, 0.5) is 11.6 Å². The maximum atomic E-state index is 5.50. The van der Waals surface area contributed by atoms with Crippen LogP contribution in [0.1, 0.15) is 12.7 Å². The first-order valence-electron chi connectivity index (χ1n) is 5.10. The quantitative estimate of drug-likeness (QED) is 0.816. The van der Waals surface area contributed by atoms with E-state index in [4.69, 9.17) is 10.2 Å². The zero-order valence-electron chi connectivity index (χ0n) is 9.05. The van der Waals surface area contributed by atoms with Crippen LogP contribution in [0.25, 0.3) is 0 Å². The normalized spacial score (nSPS) is 12.3. The van der Waals surface area contributed by atoms with Crippen LogP contribution < -0.4 is 11.1 Å². The highest BCUT2D eigenvalue weighted by Gasteiger charge is 2.06. The molecule has 0 aliphatic heterocycles. The lowest BCUT2D eigenvalue weighted by Crippen LogP contribution is -2.19. The van der Waals surface area contributed by atoms with E-state index in [1.807, 2.05) is 19.1 Å². The van der Waals surface area contributed by atoms with Gasteiger partial charge < -0.3 is 15.5 Å². The third-order valence-electron chi connectivity index (χ3n) is 2.13. The van der Waals surface area contributed by atoms with Crippen LogP contribution >= 0.6 is 0 Å². The van der Waals surface area contributed by atoms with Crippen molar-refractivity contribution in [2.75, 3.05) is 11.1 Å². The van der Waals surface area contributed by atoms with Crippen molar-refractivity contribution in [2.45, 2.75) is 19.4 Å². The van der Waals surface area contributed by atoms with Crippen molar-refractivity contribution >= 4 is 11.6 Å². The van der Waals surface area contributed by atoms with Crippen LogP contribution in [-0.4, -0.2) is 16.0 Å². The molecule has 0 bridgehead atoms. The van der Waals surface area contributed by atoms with Gasteiger partial charge in [-0.25, -0.2) is 9.97 Å². The smallest absolute Gasteiger partial charge is 0.222 e. The molecular weight excluding hydrogens is 204 g/mol. The van der Waals surface area contributed by atoms with Crippen molar-refractivity contribution in [1.29, 1.82) is 0 Å². The number of aromatic nitrogens is 2. The van der Waals surface area contributed by atoms with Gasteiger partial charge in [0.05, 0.1) is 24.3 Å². The van der Waals surface area contributed by atoms with E-state index in [9.17, 15) is 0 Å². The molecule has 0 amide bonds. The fourth-order valence-electron chi connectivity index (χ4n) is 1.41. The van der Waals surface area contributed by atoms with Crippen LogP contribution in [0.15, 0.2) is 35.2 Å². The third kappa shape index (κ3) is 2.73. The minimum atomic E-state index is 0.203. The molecule has 0 saturated carbocycles. The Balaban J connectivity index is 1.92. The first-order chi connectivity index (χ1) is 7.74. The highest BCUT2D eigenvalue weighted by molar-refractivity contribution is 5.36. The predicted octanol–water partition coefficient (Wildman–Crippen LogP) is 1.69. The Morgan fingerprint density at radius 2 is 2.19 bits per heavy atom. The minimum Gasteiger partial charge on any atom is -0.469 e. The fraction of sp³-hybridized carbons (Fsp3) is 0.273. The van der Waals surface area contributed by atoms with E-state index in [0.29, 0.717) is 11.6 Å². The average molecular weight is 218 g/mol. The molecule has 5 nitrogen and oxygen atoms in total. The fourth-order valence-corrected chi connectivity index (χ4v) is 1.41. The number of hydrogen-bond acceptors (Lipinski definition) is 5. The van der Waals surface area contributed by atoms with Gasteiger partial charge in [0.1, 0.15) is 5.76 Å². The Kier molecular flexibility index (Phi) is 3.05. The van der Waals surface area contributed by atoms with E-state index in [0.717, 1.165) is 12.2 Å². The monoisotopic (exact) mass is 218 g/mol. The van der Waals surface area contributed by atoms with Crippen molar-refractivity contribution in [3.05, 3.63) is 36.5 Å². The van der Waals surface area contributed by atoms with Gasteiger partial charge >= 0.3 is 0 Å². The molecule has 0 aliphatic rings. The molecule has 0 aliphatic carbocycles. The average Bonchev–Trinajstić information content (AvgIpc) is 2.74. The molecule has 2 rings (SSSR count). The van der Waals surface area contributed by atoms with Crippen molar-refractivity contribution < 1.29 is 4.42 Å². The van der Waals surface area contributed by atoms with Gasteiger partial charge in [0.2, 0.25) is 5.95 Å². The number of nitrogen functional groups attached to an aromatic ring is 1. The van der Waals surface area contributed by atoms with Crippen LogP contribution in [0.2, 0.25) is 0 Å². The molecule has 16 heavy (non-hydrogen) atoms. The first kappa shape index (κ1) is 10.5. The summed E-state index contributed by atoms with van der Waals surface area (Å²) < 4.78 is 5.26. The molecular formula is C11H14N4O. The van der Waals surface area contributed by atoms with E-state index in [2.05, 4.69) is 15.3 Å². The number of anilines is 2. The van der Waals surface area contributed by atoms with Gasteiger partial charge in [-0.1, -0.05) is 0 Å². The molecule has 5 heteroatoms. The lowest BCUT2D eigenvalue weighted by molar-refractivity contribution is 0.497. The number of nitrogens with one attached hydrogen (secondary N) is 1. The third-order valence-corrected chi connectivity index (χ3v) is 2.13. The molecule has 0 spiro atoms. The van der Waals surface area contributed by atoms with E-state index in [1.165, 1.54) is 0 Å². The summed E-state index contributed by atoms with van der Waals surface area (Å²) >= 11 is 0. The predicted molar refractivity (Wildman–Crippen MR) is 61.9 cm³/mol. The Hall–Kier alpha value is -2.04. The molecule has 2 heterocycles. The maximum absolute atomic E-state index is 5.50. The van der Waals surface area contributed by atoms with Gasteiger partial charge in [-0.05, 0) is 19.1 Å². The standard InChI is InChI=1S/C11H14N4O/c1-8(5-10-3-2-4-16-10)15-11-13-6-9(12)7-14-11/h2-4,6-8H,5,12H2,1H3,(H,13,14,15). The van der Waals surface area contributed by atoms with Crippen molar-refractivity contribution in [3.8, 4) is 0 Å². The van der Waals surface area contributed by atoms with Crippen molar-refractivity contribution in [3.63, 3.8) is 0 Å². The van der Waals surface area contributed by atoms with Gasteiger partial charge in [0.25, 0.3) is 0 Å². The van der Waals surface area contributed by atoms with Crippen LogP contribution in [0.3, 0.4) is 0 Å². The van der Waals surface area contributed by atoms with Crippen LogP contribution in [-0.2, 0) is 6.42 Å². The summed E-state index contributed by atoms with van der Waals surface area (Å²) in [6.07, 6.45) is 5.62. The lowest BCUT2D eigenvalue weighted by Gasteiger charge is -2.11. The summed E-state index contributed by atoms with van der Waals surface area (Å²) in [4.78, 5) is 8.14. The highest BCUT2D eigenvalue weighted by Crippen LogP contribution is 2.08. The molecule has 2 aromatic heterocycles. The van der Waals surface area contributed by atoms with Crippen molar-refractivity contribution in [2.24, 2.45) is 0 Å². The second-order valence-electron chi connectivity index (χ2n) is 3.67. The van der Waals surface area contributed by atoms with Gasteiger partial charge in [-0.2, -0.15) is 0 Å². The van der Waals surface area contributed by atoms with Gasteiger partial charge in [-0.15, -0.1) is 0 Å². The molecule has 1 atom stereocenters. The molecule has 0 fully saturated rings. The molecule has 2 aromatic rings. The summed E-state index contributed by atoms with van der Waals surface area (Å²) in [7, 11) is 0. The number of rotatable bonds is 4. The van der Waals surface area contributed by atoms with Gasteiger partial charge in [-0.3, -0.25) is 0 Å². The molecule has 0 aromatic carbocycles. The number of nitrogens with zero attached hydrogens (tertiary/aromatic N) is 2. The van der Waals surface area contributed by atoms with Crippen LogP contribution in [0, 0.1) is 0 Å². The SMILES string of the molecule is CC(Cc1ccco1)Nc1ncc(N)cn1. The van der Waals surface area contributed by atoms with E-state index < -0.39 is 0 Å². The van der Waals surface area contributed by atoms with Crippen molar-refractivity contribution in [1.82, 2.24) is 9.97 Å². The zero-order valence-corrected chi connectivity index (χ0v) is 9.05. The minimum absolute atomic E-state index is 0.203. The second kappa shape index (κ2) is 4.65. The molecule has 3 N–H and O–H groups in total. The maximum Gasteiger partial charge on any atom is 0.222 e. The van der Waals surface area contributed by atoms with Gasteiger partial charge in [0.15, 0.2) is 0 Å². The summed E-state index contributed by atoms with van der Waals surface area (Å²) in [6, 6.07) is 4.03. The summed E-state index contributed by atoms with van der Waals surface area (Å²) in [5.74, 6) is 1.52. The number of hydrogen-bond donors (Lipinski definition) is 2. The Morgan fingerprint density at radius 1 is 1.44 bits per heavy atom. The number of furan rings is 1. The zero-order chi connectivity index (χ0) is 11.4. The highest BCUT2D eigenvalue weighted by atomic mass is 16.3. The molecule has 84 valence electrons. The Bertz CT molecular complexity index is 424. The largest absolute Gasteiger partial charge is 0.469 e. The Labute approximate surface area is 93.7 Å². The molecule has 0 saturated heterocycles. The molecule has 0 radical (unpaired) electrons. The lowest BCUT2D eigenvalue weighted by atomic mass is 10.2. The van der Waals surface area contributed by atoms with E-state index in [-0.39, 0.29) is 6.04 Å². The topological polar surface area (TPSA) is 77.0 Å². The molecule has 1 unspecified atom stereocenters. The Morgan fingerprint density at radius 3 is 2.81 bits per heavy atom. The second-order valence-corrected chi connectivity index (χ2v) is 3.67. The van der Waals surface area contributed by atoms with E-state index in [1.54, 1.807) is 18.7 Å². The van der Waals surface area contributed by atoms with Crippen LogP contribution in [0.5, 0.6) is 0 Å².